The van der Waals surface area contributed by atoms with Crippen LogP contribution in [-0.4, -0.2) is 29.2 Å². The number of aryl methyl sites for hydroxylation is 1. The summed E-state index contributed by atoms with van der Waals surface area (Å²) in [6, 6.07) is 23.9. The van der Waals surface area contributed by atoms with Crippen molar-refractivity contribution in [2.45, 2.75) is 20.4 Å². The van der Waals surface area contributed by atoms with Crippen LogP contribution in [0.15, 0.2) is 89.6 Å². The summed E-state index contributed by atoms with van der Waals surface area (Å²) >= 11 is 6.27. The molecule has 3 aromatic rings. The monoisotopic (exact) mass is 473 g/mol. The van der Waals surface area contributed by atoms with E-state index in [1.807, 2.05) is 74.5 Å². The van der Waals surface area contributed by atoms with Gasteiger partial charge in [0.05, 0.1) is 6.54 Å². The van der Waals surface area contributed by atoms with Crippen LogP contribution in [0.4, 0.5) is 11.4 Å². The molecule has 0 bridgehead atoms. The first-order valence-electron chi connectivity index (χ1n) is 10.9. The lowest BCUT2D eigenvalue weighted by atomic mass is 10.1. The Morgan fingerprint density at radius 1 is 0.941 bits per heavy atom. The molecule has 0 spiro atoms. The Kier molecular flexibility index (Phi) is 6.80. The number of nitrogens with zero attached hydrogens (tertiary/aromatic N) is 2. The molecule has 1 aliphatic rings. The minimum atomic E-state index is -0.552. The van der Waals surface area contributed by atoms with E-state index in [2.05, 4.69) is 5.32 Å². The van der Waals surface area contributed by atoms with Crippen LogP contribution >= 0.6 is 11.6 Å². The second kappa shape index (κ2) is 9.93. The summed E-state index contributed by atoms with van der Waals surface area (Å²) in [7, 11) is 0. The Morgan fingerprint density at radius 2 is 1.59 bits per heavy atom. The molecule has 172 valence electrons. The number of nitrogens with one attached hydrogen (secondary N) is 1. The van der Waals surface area contributed by atoms with E-state index >= 15 is 0 Å². The van der Waals surface area contributed by atoms with E-state index in [9.17, 15) is 14.4 Å². The third-order valence-electron chi connectivity index (χ3n) is 5.67. The van der Waals surface area contributed by atoms with Gasteiger partial charge in [0.1, 0.15) is 10.7 Å². The summed E-state index contributed by atoms with van der Waals surface area (Å²) in [4.78, 5) is 41.7. The third kappa shape index (κ3) is 4.58. The minimum absolute atomic E-state index is 0.00528. The van der Waals surface area contributed by atoms with Crippen molar-refractivity contribution in [3.05, 3.63) is 106 Å². The van der Waals surface area contributed by atoms with Crippen molar-refractivity contribution in [2.24, 2.45) is 0 Å². The van der Waals surface area contributed by atoms with Crippen molar-refractivity contribution in [2.75, 3.05) is 16.8 Å². The number of halogens is 1. The fraction of sp³-hybridized carbons (Fsp3) is 0.148. The molecule has 0 saturated heterocycles. The normalized spacial score (nSPS) is 13.4. The molecular formula is C27H24ClN3O3. The van der Waals surface area contributed by atoms with Crippen molar-refractivity contribution in [1.29, 1.82) is 0 Å². The molecule has 1 N–H and O–H groups in total. The standard InChI is InChI=1S/C27H24ClN3O3/c1-3-30(21-12-8-5-9-13-21)25(32)20-15-14-18(2)22(16-20)29-24-23(28)26(33)31(27(24)34)17-19-10-6-4-7-11-19/h4-16,29H,3,17H2,1-2H3. The Balaban J connectivity index is 1.58. The van der Waals surface area contributed by atoms with Crippen LogP contribution in [0.5, 0.6) is 0 Å². The average Bonchev–Trinajstić information content (AvgIpc) is 3.05. The van der Waals surface area contributed by atoms with E-state index in [1.165, 1.54) is 0 Å². The van der Waals surface area contributed by atoms with Gasteiger partial charge in [-0.05, 0) is 49.2 Å². The van der Waals surface area contributed by atoms with Gasteiger partial charge in [-0.25, -0.2) is 0 Å². The lowest BCUT2D eigenvalue weighted by Gasteiger charge is -2.22. The third-order valence-corrected chi connectivity index (χ3v) is 6.02. The summed E-state index contributed by atoms with van der Waals surface area (Å²) in [6.45, 7) is 4.38. The Morgan fingerprint density at radius 3 is 2.24 bits per heavy atom. The van der Waals surface area contributed by atoms with Crippen molar-refractivity contribution >= 4 is 40.7 Å². The van der Waals surface area contributed by atoms with Gasteiger partial charge in [-0.15, -0.1) is 0 Å². The van der Waals surface area contributed by atoms with Crippen molar-refractivity contribution in [1.82, 2.24) is 4.90 Å². The number of hydrogen-bond acceptors (Lipinski definition) is 4. The van der Waals surface area contributed by atoms with Crippen LogP contribution in [0.1, 0.15) is 28.4 Å². The fourth-order valence-corrected chi connectivity index (χ4v) is 4.03. The molecule has 6 nitrogen and oxygen atoms in total. The molecule has 3 aromatic carbocycles. The van der Waals surface area contributed by atoms with Crippen LogP contribution in [0, 0.1) is 6.92 Å². The Labute approximate surface area is 203 Å². The smallest absolute Gasteiger partial charge is 0.279 e. The first kappa shape index (κ1) is 23.3. The van der Waals surface area contributed by atoms with E-state index in [0.717, 1.165) is 21.7 Å². The van der Waals surface area contributed by atoms with Gasteiger partial charge in [0.15, 0.2) is 0 Å². The van der Waals surface area contributed by atoms with E-state index in [0.29, 0.717) is 17.8 Å². The molecule has 1 aliphatic heterocycles. The maximum Gasteiger partial charge on any atom is 0.279 e. The lowest BCUT2D eigenvalue weighted by Crippen LogP contribution is -2.32. The number of benzene rings is 3. The maximum atomic E-state index is 13.2. The van der Waals surface area contributed by atoms with Crippen LogP contribution in [0.3, 0.4) is 0 Å². The molecule has 34 heavy (non-hydrogen) atoms. The summed E-state index contributed by atoms with van der Waals surface area (Å²) in [5.41, 5.74) is 3.41. The first-order valence-corrected chi connectivity index (χ1v) is 11.3. The molecule has 1 heterocycles. The van der Waals surface area contributed by atoms with Gasteiger partial charge in [0.25, 0.3) is 17.7 Å². The molecule has 0 unspecified atom stereocenters. The quantitative estimate of drug-likeness (QED) is 0.485. The van der Waals surface area contributed by atoms with Crippen molar-refractivity contribution in [3.8, 4) is 0 Å². The summed E-state index contributed by atoms with van der Waals surface area (Å²) < 4.78 is 0. The van der Waals surface area contributed by atoms with Gasteiger partial charge in [0.2, 0.25) is 0 Å². The second-order valence-corrected chi connectivity index (χ2v) is 8.29. The van der Waals surface area contributed by atoms with Crippen LogP contribution < -0.4 is 10.2 Å². The molecule has 0 saturated carbocycles. The minimum Gasteiger partial charge on any atom is -0.349 e. The van der Waals surface area contributed by atoms with E-state index in [-0.39, 0.29) is 23.2 Å². The molecule has 0 aliphatic carbocycles. The average molecular weight is 474 g/mol. The summed E-state index contributed by atoms with van der Waals surface area (Å²) in [5, 5.41) is 2.84. The van der Waals surface area contributed by atoms with Crippen LogP contribution in [-0.2, 0) is 16.1 Å². The lowest BCUT2D eigenvalue weighted by molar-refractivity contribution is -0.138. The highest BCUT2D eigenvalue weighted by Crippen LogP contribution is 2.29. The van der Waals surface area contributed by atoms with Crippen LogP contribution in [0.25, 0.3) is 0 Å². The van der Waals surface area contributed by atoms with Crippen molar-refractivity contribution < 1.29 is 14.4 Å². The summed E-state index contributed by atoms with van der Waals surface area (Å²) in [6.07, 6.45) is 0. The highest BCUT2D eigenvalue weighted by molar-refractivity contribution is 6.48. The number of carbonyl (C=O) groups excluding carboxylic acids is 3. The Hall–Kier alpha value is -3.90. The molecule has 0 atom stereocenters. The number of rotatable bonds is 7. The van der Waals surface area contributed by atoms with E-state index < -0.39 is 11.8 Å². The highest BCUT2D eigenvalue weighted by atomic mass is 35.5. The highest BCUT2D eigenvalue weighted by Gasteiger charge is 2.38. The molecule has 0 aromatic heterocycles. The SMILES string of the molecule is CCN(C(=O)c1ccc(C)c(NC2=C(Cl)C(=O)N(Cc3ccccc3)C2=O)c1)c1ccccc1. The number of para-hydroxylation sites is 1. The van der Waals surface area contributed by atoms with Crippen molar-refractivity contribution in [3.63, 3.8) is 0 Å². The van der Waals surface area contributed by atoms with Gasteiger partial charge in [-0.3, -0.25) is 19.3 Å². The van der Waals surface area contributed by atoms with E-state index in [1.54, 1.807) is 23.1 Å². The Bertz CT molecular complexity index is 1270. The number of amides is 3. The number of anilines is 2. The zero-order valence-electron chi connectivity index (χ0n) is 18.9. The number of hydrogen-bond donors (Lipinski definition) is 1. The van der Waals surface area contributed by atoms with Gasteiger partial charge in [-0.1, -0.05) is 66.2 Å². The predicted octanol–water partition coefficient (Wildman–Crippen LogP) is 5.09. The van der Waals surface area contributed by atoms with Gasteiger partial charge < -0.3 is 10.2 Å². The van der Waals surface area contributed by atoms with E-state index in [4.69, 9.17) is 11.6 Å². The van der Waals surface area contributed by atoms with Crippen LogP contribution in [0.2, 0.25) is 0 Å². The molecule has 0 radical (unpaired) electrons. The molecule has 3 amide bonds. The van der Waals surface area contributed by atoms with Gasteiger partial charge in [0, 0.05) is 23.5 Å². The number of imide groups is 1. The topological polar surface area (TPSA) is 69.7 Å². The summed E-state index contributed by atoms with van der Waals surface area (Å²) in [5.74, 6) is -1.23. The number of carbonyl (C=O) groups is 3. The largest absolute Gasteiger partial charge is 0.349 e. The zero-order chi connectivity index (χ0) is 24.2. The fourth-order valence-electron chi connectivity index (χ4n) is 3.80. The molecule has 0 fully saturated rings. The maximum absolute atomic E-state index is 13.2. The molecule has 7 heteroatoms. The zero-order valence-corrected chi connectivity index (χ0v) is 19.7. The molecule has 4 rings (SSSR count). The second-order valence-electron chi connectivity index (χ2n) is 7.91. The van der Waals surface area contributed by atoms with Gasteiger partial charge in [-0.2, -0.15) is 0 Å². The van der Waals surface area contributed by atoms with Gasteiger partial charge >= 0.3 is 0 Å². The predicted molar refractivity (Wildman–Crippen MR) is 133 cm³/mol. The molecular weight excluding hydrogens is 450 g/mol. The first-order chi connectivity index (χ1) is 16.4.